The van der Waals surface area contributed by atoms with Crippen LogP contribution in [0.1, 0.15) is 41.2 Å². The number of phenolic OH excluding ortho intramolecular Hbond substituents is 2. The fourth-order valence-corrected chi connectivity index (χ4v) is 4.65. The topological polar surface area (TPSA) is 133 Å². The maximum Gasteiger partial charge on any atom is 0.302 e. The number of fused-ring (bicyclic) bond motifs is 1. The van der Waals surface area contributed by atoms with Gasteiger partial charge in [0.1, 0.15) is 18.5 Å². The highest BCUT2D eigenvalue weighted by molar-refractivity contribution is 5.91. The second-order valence-electron chi connectivity index (χ2n) is 9.40. The Hall–Kier alpha value is -4.86. The molecule has 4 rings (SSSR count). The molecule has 1 aliphatic rings. The Balaban J connectivity index is 1.58. The second kappa shape index (κ2) is 13.0. The molecular formula is C31H33NO9. The number of rotatable bonds is 11. The minimum atomic E-state index is -0.621. The molecule has 1 aliphatic heterocycles. The summed E-state index contributed by atoms with van der Waals surface area (Å²) in [5.74, 6) is 0.252. The second-order valence-corrected chi connectivity index (χ2v) is 9.40. The summed E-state index contributed by atoms with van der Waals surface area (Å²) >= 11 is 0. The highest BCUT2D eigenvalue weighted by atomic mass is 16.5. The van der Waals surface area contributed by atoms with Gasteiger partial charge >= 0.3 is 5.97 Å². The SMILES string of the molecule is COc1cc([C@@H]2Oc3c(OC)cc(/C=C/C(=O)NCCc4ccc(O)cc4)cc3[C@@H]2COC(C)=O)cc(OC)c1O. The fourth-order valence-electron chi connectivity index (χ4n) is 4.65. The Bertz CT molecular complexity index is 1410. The number of methoxy groups -OCH3 is 3. The first-order valence-electron chi connectivity index (χ1n) is 12.9. The average molecular weight is 564 g/mol. The van der Waals surface area contributed by atoms with Gasteiger partial charge in [0.15, 0.2) is 23.0 Å². The number of nitrogens with one attached hydrogen (secondary N) is 1. The van der Waals surface area contributed by atoms with Gasteiger partial charge in [-0.25, -0.2) is 0 Å². The van der Waals surface area contributed by atoms with Crippen LogP contribution >= 0.6 is 0 Å². The van der Waals surface area contributed by atoms with Crippen LogP contribution in [0.3, 0.4) is 0 Å². The monoisotopic (exact) mass is 563 g/mol. The van der Waals surface area contributed by atoms with Gasteiger partial charge in [0, 0.05) is 30.7 Å². The summed E-state index contributed by atoms with van der Waals surface area (Å²) in [5, 5.41) is 22.6. The lowest BCUT2D eigenvalue weighted by Crippen LogP contribution is -2.23. The number of phenols is 2. The molecule has 3 N–H and O–H groups in total. The third-order valence-electron chi connectivity index (χ3n) is 6.71. The highest BCUT2D eigenvalue weighted by Crippen LogP contribution is 2.52. The molecule has 0 spiro atoms. The van der Waals surface area contributed by atoms with Crippen molar-refractivity contribution < 1.29 is 43.5 Å². The van der Waals surface area contributed by atoms with Gasteiger partial charge in [0.2, 0.25) is 11.7 Å². The molecule has 2 atom stereocenters. The summed E-state index contributed by atoms with van der Waals surface area (Å²) in [6.07, 6.45) is 3.10. The van der Waals surface area contributed by atoms with E-state index in [1.54, 1.807) is 48.5 Å². The lowest BCUT2D eigenvalue weighted by molar-refractivity contribution is -0.141. The van der Waals surface area contributed by atoms with Crippen molar-refractivity contribution in [3.05, 3.63) is 76.9 Å². The van der Waals surface area contributed by atoms with Gasteiger partial charge in [-0.3, -0.25) is 9.59 Å². The smallest absolute Gasteiger partial charge is 0.302 e. The number of aromatic hydroxyl groups is 2. The largest absolute Gasteiger partial charge is 0.508 e. The molecule has 41 heavy (non-hydrogen) atoms. The number of hydrogen-bond donors (Lipinski definition) is 3. The van der Waals surface area contributed by atoms with Gasteiger partial charge < -0.3 is 39.2 Å². The van der Waals surface area contributed by atoms with Crippen LogP contribution < -0.4 is 24.3 Å². The standard InChI is InChI=1S/C31H33NO9/c1-18(33)40-17-24-23-13-20(7-10-28(35)32-12-11-19-5-8-22(34)9-6-19)14-27(39-4)31(23)41-30(24)21-15-25(37-2)29(36)26(16-21)38-3/h5-10,13-16,24,30,34,36H,11-12,17H2,1-4H3,(H,32,35)/b10-7+/t24-,30-/m0/s1. The predicted molar refractivity (Wildman–Crippen MR) is 151 cm³/mol. The molecule has 1 amide bonds. The van der Waals surface area contributed by atoms with Gasteiger partial charge in [0.25, 0.3) is 0 Å². The van der Waals surface area contributed by atoms with Crippen molar-refractivity contribution in [1.82, 2.24) is 5.32 Å². The molecule has 1 heterocycles. The van der Waals surface area contributed by atoms with E-state index in [1.165, 1.54) is 34.3 Å². The summed E-state index contributed by atoms with van der Waals surface area (Å²) in [7, 11) is 4.39. The number of hydrogen-bond acceptors (Lipinski definition) is 9. The molecule has 0 unspecified atom stereocenters. The zero-order valence-corrected chi connectivity index (χ0v) is 23.3. The quantitative estimate of drug-likeness (QED) is 0.231. The van der Waals surface area contributed by atoms with Crippen LogP contribution in [0.4, 0.5) is 0 Å². The Labute approximate surface area is 238 Å². The third kappa shape index (κ3) is 6.84. The molecule has 216 valence electrons. The zero-order chi connectivity index (χ0) is 29.5. The van der Waals surface area contributed by atoms with Crippen LogP contribution in [0.5, 0.6) is 34.5 Å². The first kappa shape index (κ1) is 29.1. The van der Waals surface area contributed by atoms with Crippen molar-refractivity contribution >= 4 is 18.0 Å². The molecule has 3 aromatic carbocycles. The third-order valence-corrected chi connectivity index (χ3v) is 6.71. The van der Waals surface area contributed by atoms with Gasteiger partial charge in [-0.2, -0.15) is 0 Å². The van der Waals surface area contributed by atoms with E-state index in [0.717, 1.165) is 11.1 Å². The number of carbonyl (C=O) groups excluding carboxylic acids is 2. The molecule has 3 aromatic rings. The van der Waals surface area contributed by atoms with E-state index in [-0.39, 0.29) is 35.5 Å². The first-order chi connectivity index (χ1) is 19.7. The minimum Gasteiger partial charge on any atom is -0.508 e. The molecule has 0 saturated heterocycles. The molecule has 10 nitrogen and oxygen atoms in total. The van der Waals surface area contributed by atoms with Crippen molar-refractivity contribution in [3.8, 4) is 34.5 Å². The summed E-state index contributed by atoms with van der Waals surface area (Å²) in [5.41, 5.74) is 3.05. The van der Waals surface area contributed by atoms with E-state index in [9.17, 15) is 19.8 Å². The number of esters is 1. The molecule has 10 heteroatoms. The zero-order valence-electron chi connectivity index (χ0n) is 23.3. The van der Waals surface area contributed by atoms with Gasteiger partial charge in [-0.05, 0) is 60.0 Å². The minimum absolute atomic E-state index is 0.0204. The average Bonchev–Trinajstić information content (AvgIpc) is 3.34. The lowest BCUT2D eigenvalue weighted by Gasteiger charge is -2.21. The summed E-state index contributed by atoms with van der Waals surface area (Å²) < 4.78 is 28.0. The Morgan fingerprint density at radius 1 is 0.951 bits per heavy atom. The molecule has 0 aliphatic carbocycles. The maximum atomic E-state index is 12.5. The van der Waals surface area contributed by atoms with Crippen molar-refractivity contribution in [2.45, 2.75) is 25.4 Å². The predicted octanol–water partition coefficient (Wildman–Crippen LogP) is 4.28. The van der Waals surface area contributed by atoms with Crippen LogP contribution in [0.2, 0.25) is 0 Å². The Morgan fingerprint density at radius 3 is 2.22 bits per heavy atom. The van der Waals surface area contributed by atoms with E-state index in [2.05, 4.69) is 5.32 Å². The van der Waals surface area contributed by atoms with Crippen LogP contribution in [0.15, 0.2) is 54.6 Å². The van der Waals surface area contributed by atoms with Crippen LogP contribution in [-0.4, -0.2) is 56.6 Å². The normalized spacial score (nSPS) is 15.6. The molecule has 0 fully saturated rings. The van der Waals surface area contributed by atoms with Gasteiger partial charge in [-0.1, -0.05) is 12.1 Å². The van der Waals surface area contributed by atoms with Crippen LogP contribution in [0.25, 0.3) is 6.08 Å². The highest BCUT2D eigenvalue weighted by Gasteiger charge is 2.39. The summed E-state index contributed by atoms with van der Waals surface area (Å²) in [6.45, 7) is 1.78. The molecule has 0 saturated carbocycles. The first-order valence-corrected chi connectivity index (χ1v) is 12.9. The maximum absolute atomic E-state index is 12.5. The number of benzene rings is 3. The molecule has 0 bridgehead atoms. The van der Waals surface area contributed by atoms with Gasteiger partial charge in [-0.15, -0.1) is 0 Å². The van der Waals surface area contributed by atoms with Crippen LogP contribution in [-0.2, 0) is 20.7 Å². The van der Waals surface area contributed by atoms with E-state index in [4.69, 9.17) is 23.7 Å². The van der Waals surface area contributed by atoms with Gasteiger partial charge in [0.05, 0.1) is 27.2 Å². The van der Waals surface area contributed by atoms with Crippen molar-refractivity contribution in [2.75, 3.05) is 34.5 Å². The van der Waals surface area contributed by atoms with Crippen molar-refractivity contribution in [1.29, 1.82) is 0 Å². The van der Waals surface area contributed by atoms with E-state index >= 15 is 0 Å². The summed E-state index contributed by atoms with van der Waals surface area (Å²) in [6, 6.07) is 13.7. The lowest BCUT2D eigenvalue weighted by atomic mass is 9.90. The molecule has 0 radical (unpaired) electrons. The van der Waals surface area contributed by atoms with E-state index < -0.39 is 18.0 Å². The number of amides is 1. The van der Waals surface area contributed by atoms with Crippen molar-refractivity contribution in [3.63, 3.8) is 0 Å². The molecular weight excluding hydrogens is 530 g/mol. The van der Waals surface area contributed by atoms with Crippen LogP contribution in [0, 0.1) is 0 Å². The van der Waals surface area contributed by atoms with E-state index in [1.807, 2.05) is 6.07 Å². The Morgan fingerprint density at radius 2 is 1.61 bits per heavy atom. The molecule has 0 aromatic heterocycles. The summed E-state index contributed by atoms with van der Waals surface area (Å²) in [4.78, 5) is 24.2. The number of carbonyl (C=O) groups is 2. The van der Waals surface area contributed by atoms with E-state index in [0.29, 0.717) is 35.6 Å². The van der Waals surface area contributed by atoms with Crippen molar-refractivity contribution in [2.24, 2.45) is 0 Å². The fraction of sp³-hybridized carbons (Fsp3) is 0.290. The Kier molecular flexibility index (Phi) is 9.23. The number of ether oxygens (including phenoxy) is 5.